The molecule has 0 spiro atoms. The summed E-state index contributed by atoms with van der Waals surface area (Å²) in [6, 6.07) is 2.18. The Kier molecular flexibility index (Phi) is 3.74. The maximum atomic E-state index is 5.47. The smallest absolute Gasteiger partial charge is 0.240 e. The number of hydrogen-bond acceptors (Lipinski definition) is 7. The Morgan fingerprint density at radius 3 is 2.85 bits per heavy atom. The lowest BCUT2D eigenvalue weighted by Crippen LogP contribution is -2.19. The van der Waals surface area contributed by atoms with Crippen LogP contribution in [0.5, 0.6) is 0 Å². The van der Waals surface area contributed by atoms with Crippen LogP contribution in [-0.4, -0.2) is 27.5 Å². The zero-order valence-corrected chi connectivity index (χ0v) is 13.3. The van der Waals surface area contributed by atoms with Crippen molar-refractivity contribution >= 4 is 45.1 Å². The van der Waals surface area contributed by atoms with Crippen molar-refractivity contribution < 1.29 is 0 Å². The number of anilines is 2. The molecule has 1 aliphatic rings. The Morgan fingerprint density at radius 1 is 1.45 bits per heavy atom. The fourth-order valence-corrected chi connectivity index (χ4v) is 3.88. The number of fused-ring (bicyclic) bond motifs is 1. The minimum Gasteiger partial charge on any atom is -0.368 e. The van der Waals surface area contributed by atoms with Crippen LogP contribution in [0.3, 0.4) is 0 Å². The van der Waals surface area contributed by atoms with E-state index in [0.29, 0.717) is 10.7 Å². The third-order valence-corrected chi connectivity index (χ3v) is 6.33. The van der Waals surface area contributed by atoms with Gasteiger partial charge in [0.05, 0.1) is 5.39 Å². The predicted octanol–water partition coefficient (Wildman–Crippen LogP) is 2.85. The van der Waals surface area contributed by atoms with Gasteiger partial charge in [-0.1, -0.05) is 6.92 Å². The summed E-state index contributed by atoms with van der Waals surface area (Å²) in [6.07, 6.45) is 5.75. The zero-order valence-electron chi connectivity index (χ0n) is 11.7. The number of nitrogens with zero attached hydrogens (tertiary/aromatic N) is 2. The van der Waals surface area contributed by atoms with Gasteiger partial charge in [0.1, 0.15) is 10.6 Å². The second-order valence-corrected chi connectivity index (χ2v) is 7.46. The standard InChI is InChI=1S/C13H19N5S2/c1-3-8-6-9-10(15-7-13(19-2)4-5-13)16-12(18-14)17-11(9)20-8/h6H,3-5,7,14H2,1-2H3,(H2,15,16,17,18). The molecule has 20 heavy (non-hydrogen) atoms. The second kappa shape index (κ2) is 5.38. The van der Waals surface area contributed by atoms with Gasteiger partial charge in [0.25, 0.3) is 0 Å². The maximum absolute atomic E-state index is 5.47. The molecule has 0 aromatic carbocycles. The van der Waals surface area contributed by atoms with Gasteiger partial charge in [0, 0.05) is 16.2 Å². The van der Waals surface area contributed by atoms with E-state index < -0.39 is 0 Å². The van der Waals surface area contributed by atoms with E-state index in [2.05, 4.69) is 40.0 Å². The molecule has 3 rings (SSSR count). The topological polar surface area (TPSA) is 75.9 Å². The summed E-state index contributed by atoms with van der Waals surface area (Å²) in [5.41, 5.74) is 2.55. The lowest BCUT2D eigenvalue weighted by molar-refractivity contribution is 0.941. The van der Waals surface area contributed by atoms with Gasteiger partial charge < -0.3 is 5.32 Å². The molecule has 0 radical (unpaired) electrons. The highest BCUT2D eigenvalue weighted by Gasteiger charge is 2.41. The third-order valence-electron chi connectivity index (χ3n) is 3.74. The van der Waals surface area contributed by atoms with E-state index in [-0.39, 0.29) is 0 Å². The summed E-state index contributed by atoms with van der Waals surface area (Å²) in [5, 5.41) is 4.59. The van der Waals surface area contributed by atoms with Gasteiger partial charge in [-0.05, 0) is 31.6 Å². The Balaban J connectivity index is 1.92. The Labute approximate surface area is 126 Å². The second-order valence-electron chi connectivity index (χ2n) is 5.07. The minimum absolute atomic E-state index is 0.400. The van der Waals surface area contributed by atoms with E-state index in [9.17, 15) is 0 Å². The Bertz CT molecular complexity index is 620. The molecule has 5 nitrogen and oxygen atoms in total. The SMILES string of the molecule is CCc1cc2c(NCC3(SC)CC3)nc(NN)nc2s1. The maximum Gasteiger partial charge on any atom is 0.240 e. The molecule has 1 fully saturated rings. The molecule has 0 atom stereocenters. The van der Waals surface area contributed by atoms with E-state index in [1.165, 1.54) is 17.7 Å². The number of aryl methyl sites for hydroxylation is 1. The van der Waals surface area contributed by atoms with Crippen LogP contribution in [0.1, 0.15) is 24.6 Å². The molecule has 7 heteroatoms. The average Bonchev–Trinajstić information content (AvgIpc) is 3.14. The third kappa shape index (κ3) is 2.57. The van der Waals surface area contributed by atoms with Crippen LogP contribution in [0.4, 0.5) is 11.8 Å². The number of nitrogen functional groups attached to an aromatic ring is 1. The first-order chi connectivity index (χ1) is 9.69. The van der Waals surface area contributed by atoms with Crippen molar-refractivity contribution in [2.24, 2.45) is 5.84 Å². The molecule has 0 amide bonds. The van der Waals surface area contributed by atoms with E-state index in [1.54, 1.807) is 11.3 Å². The first kappa shape index (κ1) is 13.9. The Morgan fingerprint density at radius 2 is 2.25 bits per heavy atom. The highest BCUT2D eigenvalue weighted by Crippen LogP contribution is 2.47. The summed E-state index contributed by atoms with van der Waals surface area (Å²) >= 11 is 3.64. The van der Waals surface area contributed by atoms with Gasteiger partial charge in [-0.25, -0.2) is 10.8 Å². The van der Waals surface area contributed by atoms with Gasteiger partial charge in [-0.2, -0.15) is 16.7 Å². The monoisotopic (exact) mass is 309 g/mol. The van der Waals surface area contributed by atoms with Gasteiger partial charge in [-0.3, -0.25) is 5.43 Å². The summed E-state index contributed by atoms with van der Waals surface area (Å²) in [7, 11) is 0. The van der Waals surface area contributed by atoms with Crippen molar-refractivity contribution in [2.75, 3.05) is 23.5 Å². The molecule has 1 aliphatic carbocycles. The van der Waals surface area contributed by atoms with Crippen molar-refractivity contribution in [1.29, 1.82) is 0 Å². The van der Waals surface area contributed by atoms with Crippen molar-refractivity contribution in [3.05, 3.63) is 10.9 Å². The van der Waals surface area contributed by atoms with Crippen molar-refractivity contribution in [3.63, 3.8) is 0 Å². The minimum atomic E-state index is 0.400. The molecule has 0 saturated heterocycles. The fourth-order valence-electron chi connectivity index (χ4n) is 2.18. The van der Waals surface area contributed by atoms with E-state index in [1.807, 2.05) is 11.8 Å². The Hall–Kier alpha value is -1.05. The number of thiophene rings is 1. The normalized spacial score (nSPS) is 16.4. The molecular weight excluding hydrogens is 290 g/mol. The highest BCUT2D eigenvalue weighted by atomic mass is 32.2. The molecule has 2 heterocycles. The first-order valence-electron chi connectivity index (χ1n) is 6.76. The van der Waals surface area contributed by atoms with Crippen molar-refractivity contribution in [2.45, 2.75) is 30.9 Å². The van der Waals surface area contributed by atoms with Gasteiger partial charge in [0.2, 0.25) is 5.95 Å². The van der Waals surface area contributed by atoms with Crippen LogP contribution in [0.15, 0.2) is 6.07 Å². The van der Waals surface area contributed by atoms with Crippen LogP contribution in [-0.2, 0) is 6.42 Å². The molecule has 1 saturated carbocycles. The molecule has 2 aromatic heterocycles. The molecule has 108 valence electrons. The van der Waals surface area contributed by atoms with Crippen LogP contribution in [0, 0.1) is 0 Å². The zero-order chi connectivity index (χ0) is 14.2. The quantitative estimate of drug-likeness (QED) is 0.563. The number of hydrazine groups is 1. The van der Waals surface area contributed by atoms with Crippen molar-refractivity contribution in [3.8, 4) is 0 Å². The molecular formula is C13H19N5S2. The predicted molar refractivity (Wildman–Crippen MR) is 88.6 cm³/mol. The summed E-state index contributed by atoms with van der Waals surface area (Å²) < 4.78 is 0.400. The number of hydrogen-bond donors (Lipinski definition) is 3. The highest BCUT2D eigenvalue weighted by molar-refractivity contribution is 8.00. The summed E-state index contributed by atoms with van der Waals surface area (Å²) in [5.74, 6) is 6.83. The van der Waals surface area contributed by atoms with Gasteiger partial charge >= 0.3 is 0 Å². The number of nitrogens with two attached hydrogens (primary N) is 1. The molecule has 0 unspecified atom stereocenters. The summed E-state index contributed by atoms with van der Waals surface area (Å²) in [4.78, 5) is 11.2. The van der Waals surface area contributed by atoms with Crippen LogP contribution < -0.4 is 16.6 Å². The molecule has 4 N–H and O–H groups in total. The lowest BCUT2D eigenvalue weighted by Gasteiger charge is -2.14. The molecule has 2 aromatic rings. The fraction of sp³-hybridized carbons (Fsp3) is 0.538. The number of thioether (sulfide) groups is 1. The largest absolute Gasteiger partial charge is 0.368 e. The van der Waals surface area contributed by atoms with Gasteiger partial charge in [0.15, 0.2) is 0 Å². The van der Waals surface area contributed by atoms with E-state index in [4.69, 9.17) is 5.84 Å². The van der Waals surface area contributed by atoms with Gasteiger partial charge in [-0.15, -0.1) is 11.3 Å². The summed E-state index contributed by atoms with van der Waals surface area (Å²) in [6.45, 7) is 3.10. The van der Waals surface area contributed by atoms with E-state index >= 15 is 0 Å². The van der Waals surface area contributed by atoms with Crippen molar-refractivity contribution in [1.82, 2.24) is 9.97 Å². The number of aromatic nitrogens is 2. The lowest BCUT2D eigenvalue weighted by atomic mass is 10.3. The average molecular weight is 309 g/mol. The van der Waals surface area contributed by atoms with Crippen LogP contribution >= 0.6 is 23.1 Å². The molecule has 0 aliphatic heterocycles. The van der Waals surface area contributed by atoms with Crippen LogP contribution in [0.2, 0.25) is 0 Å². The first-order valence-corrected chi connectivity index (χ1v) is 8.80. The molecule has 0 bridgehead atoms. The number of rotatable bonds is 6. The van der Waals surface area contributed by atoms with E-state index in [0.717, 1.165) is 29.0 Å². The van der Waals surface area contributed by atoms with Crippen LogP contribution in [0.25, 0.3) is 10.2 Å². The number of nitrogens with one attached hydrogen (secondary N) is 2.